The summed E-state index contributed by atoms with van der Waals surface area (Å²) >= 11 is 0. The summed E-state index contributed by atoms with van der Waals surface area (Å²) in [5, 5.41) is 9.31. The Labute approximate surface area is 262 Å². The van der Waals surface area contributed by atoms with Crippen molar-refractivity contribution in [2.24, 2.45) is 5.92 Å². The number of amides is 2. The zero-order chi connectivity index (χ0) is 33.0. The van der Waals surface area contributed by atoms with E-state index in [0.717, 1.165) is 63.1 Å². The summed E-state index contributed by atoms with van der Waals surface area (Å²) in [6.45, 7) is 2.76. The van der Waals surface area contributed by atoms with Gasteiger partial charge in [0.05, 0.1) is 11.5 Å². The van der Waals surface area contributed by atoms with Gasteiger partial charge in [-0.2, -0.15) is 13.2 Å². The Kier molecular flexibility index (Phi) is 9.51. The summed E-state index contributed by atoms with van der Waals surface area (Å²) in [4.78, 5) is 51.7. The summed E-state index contributed by atoms with van der Waals surface area (Å²) < 4.78 is 41.1. The van der Waals surface area contributed by atoms with Crippen LogP contribution in [0, 0.1) is 5.92 Å². The van der Waals surface area contributed by atoms with Gasteiger partial charge in [0.1, 0.15) is 28.7 Å². The summed E-state index contributed by atoms with van der Waals surface area (Å²) in [6, 6.07) is 8.17. The highest BCUT2D eigenvalue weighted by Crippen LogP contribution is 2.35. The number of carbonyl (C=O) groups is 3. The van der Waals surface area contributed by atoms with Gasteiger partial charge >= 0.3 is 6.18 Å². The van der Waals surface area contributed by atoms with Crippen LogP contribution in [0.1, 0.15) is 46.9 Å². The number of hydrogen-bond donors (Lipinski definition) is 3. The largest absolute Gasteiger partial charge is 0.483 e. The van der Waals surface area contributed by atoms with Crippen molar-refractivity contribution in [1.29, 1.82) is 0 Å². The number of halogens is 3. The minimum absolute atomic E-state index is 0.00453. The van der Waals surface area contributed by atoms with E-state index in [1.165, 1.54) is 0 Å². The maximum Gasteiger partial charge on any atom is 0.416 e. The SMILES string of the molecule is CN1CC[C@@H](C(=O)N2CCC[C@@H](c3nc(-c4ccc(C(=O)Nc5cc(C(F)(F)F)ccn5)cc4)c4c(N)nccn34)C2)C1.O=CO. The van der Waals surface area contributed by atoms with Crippen molar-refractivity contribution in [2.45, 2.75) is 31.4 Å². The van der Waals surface area contributed by atoms with Crippen molar-refractivity contribution in [3.05, 3.63) is 71.9 Å². The van der Waals surface area contributed by atoms with Crippen LogP contribution in [-0.2, 0) is 15.8 Å². The number of nitrogen functional groups attached to an aromatic ring is 1. The molecule has 15 heteroatoms. The first-order valence-corrected chi connectivity index (χ1v) is 14.6. The van der Waals surface area contributed by atoms with Crippen LogP contribution in [0.25, 0.3) is 16.8 Å². The highest BCUT2D eigenvalue weighted by Gasteiger charge is 2.35. The van der Waals surface area contributed by atoms with Crippen LogP contribution in [0.15, 0.2) is 55.0 Å². The van der Waals surface area contributed by atoms with Gasteiger partial charge in [-0.3, -0.25) is 18.8 Å². The second-order valence-corrected chi connectivity index (χ2v) is 11.3. The van der Waals surface area contributed by atoms with Crippen molar-refractivity contribution in [3.63, 3.8) is 0 Å². The zero-order valence-electron chi connectivity index (χ0n) is 24.9. The molecular formula is C31H33F3N8O4. The maximum atomic E-state index is 13.3. The van der Waals surface area contributed by atoms with Crippen LogP contribution in [0.2, 0.25) is 0 Å². The number of fused-ring (bicyclic) bond motifs is 1. The number of piperidine rings is 1. The van der Waals surface area contributed by atoms with E-state index in [2.05, 4.69) is 20.2 Å². The summed E-state index contributed by atoms with van der Waals surface area (Å²) in [5.74, 6) is 0.512. The summed E-state index contributed by atoms with van der Waals surface area (Å²) in [7, 11) is 2.04. The van der Waals surface area contributed by atoms with E-state index in [1.54, 1.807) is 30.5 Å². The van der Waals surface area contributed by atoms with Gasteiger partial charge in [-0.15, -0.1) is 0 Å². The number of carboxylic acid groups (broad SMARTS) is 1. The van der Waals surface area contributed by atoms with E-state index in [-0.39, 0.29) is 35.6 Å². The van der Waals surface area contributed by atoms with Gasteiger partial charge in [-0.1, -0.05) is 12.1 Å². The van der Waals surface area contributed by atoms with Crippen LogP contribution in [0.3, 0.4) is 0 Å². The number of alkyl halides is 3. The molecule has 46 heavy (non-hydrogen) atoms. The third-order valence-electron chi connectivity index (χ3n) is 8.20. The molecule has 2 amide bonds. The number of rotatable bonds is 5. The number of aromatic nitrogens is 4. The van der Waals surface area contributed by atoms with E-state index in [9.17, 15) is 22.8 Å². The van der Waals surface area contributed by atoms with E-state index in [4.69, 9.17) is 20.6 Å². The third kappa shape index (κ3) is 6.93. The summed E-state index contributed by atoms with van der Waals surface area (Å²) in [6.07, 6.45) is 2.49. The zero-order valence-corrected chi connectivity index (χ0v) is 24.9. The highest BCUT2D eigenvalue weighted by atomic mass is 19.4. The number of likely N-dealkylation sites (tertiary alicyclic amines) is 2. The van der Waals surface area contributed by atoms with E-state index >= 15 is 0 Å². The predicted octanol–water partition coefficient (Wildman–Crippen LogP) is 4.00. The van der Waals surface area contributed by atoms with Crippen LogP contribution in [-0.4, -0.2) is 85.8 Å². The molecule has 12 nitrogen and oxygen atoms in total. The maximum absolute atomic E-state index is 13.3. The molecule has 2 fully saturated rings. The lowest BCUT2D eigenvalue weighted by molar-refractivity contribution is -0.138. The Morgan fingerprint density at radius 3 is 2.48 bits per heavy atom. The Balaban J connectivity index is 0.00000134. The number of imidazole rings is 1. The van der Waals surface area contributed by atoms with Crippen LogP contribution in [0.4, 0.5) is 24.8 Å². The molecule has 242 valence electrons. The van der Waals surface area contributed by atoms with E-state index in [0.29, 0.717) is 29.1 Å². The molecule has 0 saturated carbocycles. The molecule has 0 unspecified atom stereocenters. The molecule has 1 aromatic carbocycles. The minimum atomic E-state index is -4.55. The lowest BCUT2D eigenvalue weighted by Gasteiger charge is -2.33. The van der Waals surface area contributed by atoms with Gasteiger partial charge in [-0.25, -0.2) is 15.0 Å². The molecule has 2 atom stereocenters. The molecule has 2 aliphatic rings. The lowest BCUT2D eigenvalue weighted by atomic mass is 9.95. The highest BCUT2D eigenvalue weighted by molar-refractivity contribution is 6.04. The standard InChI is InChI=1S/C30H31F3N8O2.CH2O2/c1-39-13-9-21(16-39)29(43)40-12-2-3-20(17-40)27-38-24(25-26(34)36-11-14-41(25)27)18-4-6-19(7-5-18)28(42)37-23-15-22(8-10-35-23)30(31,32)33;2-1-3/h4-8,10-11,14-15,20-21H,2-3,9,12-13,16-17H2,1H3,(H2,34,36)(H,35,37,42);1H,(H,2,3)/t20-,21-;/m1./s1. The molecule has 6 rings (SSSR count). The van der Waals surface area contributed by atoms with Crippen molar-refractivity contribution in [1.82, 2.24) is 29.2 Å². The minimum Gasteiger partial charge on any atom is -0.483 e. The molecule has 3 aromatic heterocycles. The van der Waals surface area contributed by atoms with Gasteiger partial charge in [0.2, 0.25) is 5.91 Å². The van der Waals surface area contributed by atoms with Crippen LogP contribution >= 0.6 is 0 Å². The average Bonchev–Trinajstić information content (AvgIpc) is 3.66. The van der Waals surface area contributed by atoms with Crippen LogP contribution < -0.4 is 11.1 Å². The van der Waals surface area contributed by atoms with Gasteiger partial charge < -0.3 is 26.0 Å². The number of pyridine rings is 1. The number of anilines is 2. The van der Waals surface area contributed by atoms with Crippen molar-refractivity contribution >= 4 is 35.4 Å². The fourth-order valence-electron chi connectivity index (χ4n) is 6.00. The number of nitrogens with two attached hydrogens (primary N) is 1. The summed E-state index contributed by atoms with van der Waals surface area (Å²) in [5.41, 5.74) is 7.56. The first kappa shape index (κ1) is 32.3. The molecule has 4 aromatic rings. The van der Waals surface area contributed by atoms with E-state index in [1.807, 2.05) is 22.5 Å². The molecule has 2 saturated heterocycles. The monoisotopic (exact) mass is 638 g/mol. The Morgan fingerprint density at radius 2 is 1.80 bits per heavy atom. The number of nitrogens with zero attached hydrogens (tertiary/aromatic N) is 6. The molecule has 0 bridgehead atoms. The van der Waals surface area contributed by atoms with Gasteiger partial charge in [0, 0.05) is 55.3 Å². The van der Waals surface area contributed by atoms with Gasteiger partial charge in [0.25, 0.3) is 12.4 Å². The fourth-order valence-corrected chi connectivity index (χ4v) is 6.00. The Hall–Kier alpha value is -5.05. The number of carbonyl (C=O) groups excluding carboxylic acids is 2. The van der Waals surface area contributed by atoms with Gasteiger partial charge in [0.15, 0.2) is 0 Å². The molecule has 0 spiro atoms. The van der Waals surface area contributed by atoms with Crippen LogP contribution in [0.5, 0.6) is 0 Å². The molecule has 0 aliphatic carbocycles. The first-order chi connectivity index (χ1) is 22.0. The molecule has 4 N–H and O–H groups in total. The first-order valence-electron chi connectivity index (χ1n) is 14.6. The second-order valence-electron chi connectivity index (χ2n) is 11.3. The third-order valence-corrected chi connectivity index (χ3v) is 8.20. The predicted molar refractivity (Wildman–Crippen MR) is 163 cm³/mol. The van der Waals surface area contributed by atoms with E-state index < -0.39 is 17.6 Å². The van der Waals surface area contributed by atoms with Crippen molar-refractivity contribution in [3.8, 4) is 11.3 Å². The smallest absolute Gasteiger partial charge is 0.416 e. The second kappa shape index (κ2) is 13.5. The quantitative estimate of drug-likeness (QED) is 0.275. The molecule has 0 radical (unpaired) electrons. The molecular weight excluding hydrogens is 605 g/mol. The average molecular weight is 639 g/mol. The van der Waals surface area contributed by atoms with Crippen molar-refractivity contribution < 1.29 is 32.7 Å². The number of hydrogen-bond acceptors (Lipinski definition) is 8. The Bertz CT molecular complexity index is 1730. The Morgan fingerprint density at radius 1 is 1.07 bits per heavy atom. The van der Waals surface area contributed by atoms with Crippen molar-refractivity contribution in [2.75, 3.05) is 44.3 Å². The molecule has 2 aliphatic heterocycles. The molecule has 5 heterocycles. The number of nitrogens with one attached hydrogen (secondary N) is 1. The van der Waals surface area contributed by atoms with Gasteiger partial charge in [-0.05, 0) is 57.1 Å². The lowest BCUT2D eigenvalue weighted by Crippen LogP contribution is -2.43. The fraction of sp³-hybridized carbons (Fsp3) is 0.355. The normalized spacial score (nSPS) is 18.6. The topological polar surface area (TPSA) is 159 Å². The number of benzene rings is 1.